The lowest BCUT2D eigenvalue weighted by atomic mass is 9.82. The zero-order valence-electron chi connectivity index (χ0n) is 17.2. The van der Waals surface area contributed by atoms with Gasteiger partial charge in [-0.1, -0.05) is 24.3 Å². The van der Waals surface area contributed by atoms with Crippen LogP contribution in [-0.2, 0) is 9.59 Å². The summed E-state index contributed by atoms with van der Waals surface area (Å²) in [5, 5.41) is 14.2. The summed E-state index contributed by atoms with van der Waals surface area (Å²) in [5.74, 6) is -2.26. The molecule has 7 heteroatoms. The van der Waals surface area contributed by atoms with Gasteiger partial charge in [0.05, 0.1) is 23.7 Å². The molecule has 2 N–H and O–H groups in total. The molecule has 0 bridgehead atoms. The number of nitrogens with one attached hydrogen (secondary N) is 1. The highest BCUT2D eigenvalue weighted by Crippen LogP contribution is 2.38. The highest BCUT2D eigenvalue weighted by molar-refractivity contribution is 6.25. The van der Waals surface area contributed by atoms with Crippen molar-refractivity contribution < 1.29 is 19.5 Å². The maximum atomic E-state index is 13.2. The van der Waals surface area contributed by atoms with Crippen molar-refractivity contribution in [2.75, 3.05) is 13.1 Å². The van der Waals surface area contributed by atoms with Crippen LogP contribution in [0.4, 0.5) is 0 Å². The summed E-state index contributed by atoms with van der Waals surface area (Å²) in [6, 6.07) is 9.46. The maximum absolute atomic E-state index is 13.2. The van der Waals surface area contributed by atoms with Crippen molar-refractivity contribution in [3.63, 3.8) is 0 Å². The number of aromatic nitrogens is 2. The highest BCUT2D eigenvalue weighted by atomic mass is 16.4. The zero-order valence-corrected chi connectivity index (χ0v) is 17.2. The predicted octanol–water partition coefficient (Wildman–Crippen LogP) is 3.19. The fourth-order valence-electron chi connectivity index (χ4n) is 3.92. The molecule has 4 rings (SSSR count). The average molecular weight is 415 g/mol. The Kier molecular flexibility index (Phi) is 5.44. The zero-order chi connectivity index (χ0) is 22.1. The van der Waals surface area contributed by atoms with E-state index in [-0.39, 0.29) is 24.7 Å². The Morgan fingerprint density at radius 2 is 1.94 bits per heavy atom. The number of Topliss-reactive ketones (excluding diaryl/α,β-unsaturated/α-hetero) is 1. The summed E-state index contributed by atoms with van der Waals surface area (Å²) < 4.78 is 0. The number of fused-ring (bicyclic) bond motifs is 2. The number of carboxylic acid groups (broad SMARTS) is 1. The van der Waals surface area contributed by atoms with E-state index in [1.807, 2.05) is 30.3 Å². The molecule has 0 amide bonds. The average Bonchev–Trinajstić information content (AvgIpc) is 2.78. The van der Waals surface area contributed by atoms with Gasteiger partial charge in [0, 0.05) is 23.5 Å². The number of benzene rings is 1. The number of carbonyl (C=O) groups is 3. The van der Waals surface area contributed by atoms with Crippen molar-refractivity contribution in [1.29, 1.82) is 0 Å². The van der Waals surface area contributed by atoms with E-state index in [1.54, 1.807) is 26.1 Å². The summed E-state index contributed by atoms with van der Waals surface area (Å²) in [6.45, 7) is 3.25. The Morgan fingerprint density at radius 3 is 2.68 bits per heavy atom. The molecule has 1 aliphatic rings. The van der Waals surface area contributed by atoms with Crippen LogP contribution in [0.3, 0.4) is 0 Å². The molecule has 1 aliphatic carbocycles. The number of nitrogens with zero attached hydrogens (tertiary/aromatic N) is 2. The molecule has 0 saturated heterocycles. The first-order valence-corrected chi connectivity index (χ1v) is 9.95. The van der Waals surface area contributed by atoms with Crippen LogP contribution in [0.15, 0.2) is 54.3 Å². The number of para-hydroxylation sites is 1. The minimum absolute atomic E-state index is 0.0705. The third-order valence-corrected chi connectivity index (χ3v) is 5.55. The summed E-state index contributed by atoms with van der Waals surface area (Å²) in [6.07, 6.45) is 4.72. The van der Waals surface area contributed by atoms with Crippen molar-refractivity contribution >= 4 is 44.8 Å². The molecule has 0 spiro atoms. The number of carbonyl (C=O) groups excluding carboxylic acids is 2. The van der Waals surface area contributed by atoms with Crippen molar-refractivity contribution in [3.8, 4) is 0 Å². The van der Waals surface area contributed by atoms with Gasteiger partial charge in [-0.05, 0) is 48.6 Å². The molecule has 2 aromatic heterocycles. The fraction of sp³-hybridized carbons (Fsp3) is 0.208. The molecule has 0 saturated carbocycles. The van der Waals surface area contributed by atoms with Crippen LogP contribution in [0.5, 0.6) is 0 Å². The van der Waals surface area contributed by atoms with Crippen molar-refractivity contribution in [2.24, 2.45) is 5.92 Å². The Bertz CT molecular complexity index is 1310. The minimum atomic E-state index is -1.02. The quantitative estimate of drug-likeness (QED) is 0.450. The highest BCUT2D eigenvalue weighted by Gasteiger charge is 2.32. The maximum Gasteiger partial charge on any atom is 0.317 e. The van der Waals surface area contributed by atoms with E-state index in [0.29, 0.717) is 27.9 Å². The van der Waals surface area contributed by atoms with E-state index in [1.165, 1.54) is 6.08 Å². The van der Waals surface area contributed by atoms with Gasteiger partial charge in [-0.25, -0.2) is 4.98 Å². The largest absolute Gasteiger partial charge is 0.480 e. The first kappa shape index (κ1) is 20.6. The predicted molar refractivity (Wildman–Crippen MR) is 118 cm³/mol. The molecule has 1 atom stereocenters. The van der Waals surface area contributed by atoms with Crippen molar-refractivity contribution in [3.05, 3.63) is 65.6 Å². The van der Waals surface area contributed by atoms with Crippen LogP contribution in [-0.4, -0.2) is 45.7 Å². The van der Waals surface area contributed by atoms with Crippen LogP contribution < -0.4 is 5.32 Å². The number of aliphatic carboxylic acids is 1. The number of hydrogen-bond acceptors (Lipinski definition) is 6. The van der Waals surface area contributed by atoms with Gasteiger partial charge in [0.25, 0.3) is 0 Å². The number of carboxylic acids is 1. The number of pyridine rings is 2. The molecule has 31 heavy (non-hydrogen) atoms. The third kappa shape index (κ3) is 3.64. The van der Waals surface area contributed by atoms with Gasteiger partial charge in [-0.15, -0.1) is 0 Å². The molecule has 1 aromatic carbocycles. The van der Waals surface area contributed by atoms with Gasteiger partial charge in [0.2, 0.25) is 5.78 Å². The lowest BCUT2D eigenvalue weighted by molar-refractivity contribution is -0.136. The van der Waals surface area contributed by atoms with Gasteiger partial charge in [0.15, 0.2) is 5.78 Å². The van der Waals surface area contributed by atoms with Gasteiger partial charge < -0.3 is 10.4 Å². The monoisotopic (exact) mass is 415 g/mol. The van der Waals surface area contributed by atoms with Gasteiger partial charge >= 0.3 is 5.97 Å². The second kappa shape index (κ2) is 8.20. The molecular weight excluding hydrogens is 394 g/mol. The summed E-state index contributed by atoms with van der Waals surface area (Å²) in [4.78, 5) is 46.2. The number of allylic oxidation sites excluding steroid dienone is 3. The van der Waals surface area contributed by atoms with Crippen molar-refractivity contribution in [1.82, 2.24) is 15.3 Å². The van der Waals surface area contributed by atoms with Crippen molar-refractivity contribution in [2.45, 2.75) is 13.8 Å². The second-order valence-electron chi connectivity index (χ2n) is 7.44. The molecule has 3 aromatic rings. The molecule has 2 heterocycles. The normalized spacial score (nSPS) is 14.6. The Morgan fingerprint density at radius 1 is 1.16 bits per heavy atom. The van der Waals surface area contributed by atoms with E-state index in [4.69, 9.17) is 10.1 Å². The van der Waals surface area contributed by atoms with Crippen LogP contribution in [0, 0.1) is 5.92 Å². The minimum Gasteiger partial charge on any atom is -0.480 e. The summed E-state index contributed by atoms with van der Waals surface area (Å²) >= 11 is 0. The van der Waals surface area contributed by atoms with E-state index in [2.05, 4.69) is 10.3 Å². The summed E-state index contributed by atoms with van der Waals surface area (Å²) in [5.41, 5.74) is 2.60. The topological polar surface area (TPSA) is 109 Å². The summed E-state index contributed by atoms with van der Waals surface area (Å²) in [7, 11) is 0. The molecule has 0 radical (unpaired) electrons. The Hall–Kier alpha value is -3.71. The first-order chi connectivity index (χ1) is 14.9. The van der Waals surface area contributed by atoms with Crippen LogP contribution in [0.1, 0.15) is 30.0 Å². The molecule has 0 aliphatic heterocycles. The lowest BCUT2D eigenvalue weighted by Crippen LogP contribution is -2.34. The van der Waals surface area contributed by atoms with E-state index in [9.17, 15) is 14.4 Å². The Labute approximate surface area is 178 Å². The van der Waals surface area contributed by atoms with E-state index < -0.39 is 11.9 Å². The van der Waals surface area contributed by atoms with E-state index in [0.717, 1.165) is 16.3 Å². The standard InChI is InChI=1S/C24H21N3O4/c1-3-13(2)24(31)17(11-25-12-20(29)30)16-10-19(28)23-21-15(8-9-26-23)14-6-4-5-7-18(14)27-22(16)21/h3-10,17,25H,11-12H2,1-2H3,(H,29,30)/b13-3+. The molecule has 0 fully saturated rings. The Balaban J connectivity index is 1.94. The van der Waals surface area contributed by atoms with E-state index >= 15 is 0 Å². The van der Waals surface area contributed by atoms with Gasteiger partial charge in [-0.2, -0.15) is 0 Å². The van der Waals surface area contributed by atoms with Gasteiger partial charge in [-0.3, -0.25) is 19.4 Å². The third-order valence-electron chi connectivity index (χ3n) is 5.55. The SMILES string of the molecule is C/C=C(\C)C(=O)C(CNCC(=O)O)C1=CC(=O)c2nccc3c2c1nc1ccccc13. The van der Waals surface area contributed by atoms with Crippen LogP contribution in [0.2, 0.25) is 0 Å². The first-order valence-electron chi connectivity index (χ1n) is 9.95. The number of ketones is 2. The number of rotatable bonds is 7. The van der Waals surface area contributed by atoms with Gasteiger partial charge in [0.1, 0.15) is 5.69 Å². The molecule has 156 valence electrons. The number of hydrogen-bond donors (Lipinski definition) is 2. The lowest BCUT2D eigenvalue weighted by Gasteiger charge is -2.24. The molecule has 1 unspecified atom stereocenters. The van der Waals surface area contributed by atoms with Crippen LogP contribution in [0.25, 0.3) is 27.2 Å². The fourth-order valence-corrected chi connectivity index (χ4v) is 3.92. The second-order valence-corrected chi connectivity index (χ2v) is 7.44. The molecule has 7 nitrogen and oxygen atoms in total. The molecular formula is C24H21N3O4. The van der Waals surface area contributed by atoms with Crippen LogP contribution >= 0.6 is 0 Å². The smallest absolute Gasteiger partial charge is 0.317 e.